The van der Waals surface area contributed by atoms with Gasteiger partial charge in [0.1, 0.15) is 5.75 Å². The van der Waals surface area contributed by atoms with E-state index in [2.05, 4.69) is 10.6 Å². The SMILES string of the molecule is CCNC(=O)COc1ccc(NC(=O)c2ccc(S(=O)(=O)N(C)C3CCCCC3)cc2)cc1. The van der Waals surface area contributed by atoms with E-state index in [1.54, 1.807) is 31.3 Å². The third-order valence-electron chi connectivity index (χ3n) is 5.74. The zero-order valence-electron chi connectivity index (χ0n) is 19.0. The van der Waals surface area contributed by atoms with Gasteiger partial charge >= 0.3 is 0 Å². The summed E-state index contributed by atoms with van der Waals surface area (Å²) in [6.07, 6.45) is 5.01. The highest BCUT2D eigenvalue weighted by Crippen LogP contribution is 2.26. The molecule has 1 saturated carbocycles. The molecule has 1 fully saturated rings. The van der Waals surface area contributed by atoms with E-state index in [1.807, 2.05) is 6.92 Å². The van der Waals surface area contributed by atoms with Gasteiger partial charge in [-0.2, -0.15) is 4.31 Å². The van der Waals surface area contributed by atoms with Crippen LogP contribution in [0.25, 0.3) is 0 Å². The standard InChI is InChI=1S/C24H31N3O5S/c1-3-25-23(28)17-32-21-13-11-19(12-14-21)26-24(29)18-9-15-22(16-10-18)33(30,31)27(2)20-7-5-4-6-8-20/h9-16,20H,3-8,17H2,1-2H3,(H,25,28)(H,26,29). The first kappa shape index (κ1) is 24.7. The Morgan fingerprint density at radius 2 is 1.64 bits per heavy atom. The maximum absolute atomic E-state index is 13.0. The number of benzene rings is 2. The Labute approximate surface area is 195 Å². The lowest BCUT2D eigenvalue weighted by Crippen LogP contribution is -2.38. The second-order valence-corrected chi connectivity index (χ2v) is 10.1. The summed E-state index contributed by atoms with van der Waals surface area (Å²) in [4.78, 5) is 24.2. The Balaban J connectivity index is 1.59. The molecule has 2 aromatic rings. The van der Waals surface area contributed by atoms with Crippen LogP contribution in [0.15, 0.2) is 53.4 Å². The molecule has 0 heterocycles. The molecule has 0 saturated heterocycles. The molecule has 0 aliphatic heterocycles. The van der Waals surface area contributed by atoms with Crippen molar-refractivity contribution >= 4 is 27.5 Å². The number of ether oxygens (including phenoxy) is 1. The van der Waals surface area contributed by atoms with Crippen LogP contribution in [-0.2, 0) is 14.8 Å². The first-order valence-corrected chi connectivity index (χ1v) is 12.6. The van der Waals surface area contributed by atoms with Crippen molar-refractivity contribution in [3.8, 4) is 5.75 Å². The smallest absolute Gasteiger partial charge is 0.257 e. The molecule has 33 heavy (non-hydrogen) atoms. The maximum Gasteiger partial charge on any atom is 0.257 e. The largest absolute Gasteiger partial charge is 0.484 e. The van der Waals surface area contributed by atoms with Crippen LogP contribution in [0.5, 0.6) is 5.75 Å². The summed E-state index contributed by atoms with van der Waals surface area (Å²) >= 11 is 0. The molecule has 2 aromatic carbocycles. The first-order valence-electron chi connectivity index (χ1n) is 11.2. The van der Waals surface area contributed by atoms with Crippen LogP contribution in [0.1, 0.15) is 49.4 Å². The Morgan fingerprint density at radius 3 is 2.24 bits per heavy atom. The van der Waals surface area contributed by atoms with Crippen molar-refractivity contribution in [3.63, 3.8) is 0 Å². The number of anilines is 1. The van der Waals surface area contributed by atoms with Crippen LogP contribution >= 0.6 is 0 Å². The summed E-state index contributed by atoms with van der Waals surface area (Å²) in [7, 11) is -1.97. The number of nitrogens with zero attached hydrogens (tertiary/aromatic N) is 1. The fraction of sp³-hybridized carbons (Fsp3) is 0.417. The number of amides is 2. The topological polar surface area (TPSA) is 105 Å². The monoisotopic (exact) mass is 473 g/mol. The van der Waals surface area contributed by atoms with Crippen molar-refractivity contribution in [2.45, 2.75) is 50.0 Å². The van der Waals surface area contributed by atoms with Gasteiger partial charge in [0.25, 0.3) is 11.8 Å². The molecule has 8 nitrogen and oxygen atoms in total. The van der Waals surface area contributed by atoms with Crippen molar-refractivity contribution in [1.82, 2.24) is 9.62 Å². The van der Waals surface area contributed by atoms with E-state index in [-0.39, 0.29) is 29.4 Å². The van der Waals surface area contributed by atoms with Crippen LogP contribution in [0.3, 0.4) is 0 Å². The molecular weight excluding hydrogens is 442 g/mol. The molecule has 0 aromatic heterocycles. The summed E-state index contributed by atoms with van der Waals surface area (Å²) in [5.41, 5.74) is 0.907. The van der Waals surface area contributed by atoms with E-state index >= 15 is 0 Å². The lowest BCUT2D eigenvalue weighted by molar-refractivity contribution is -0.122. The van der Waals surface area contributed by atoms with Gasteiger partial charge in [-0.1, -0.05) is 19.3 Å². The number of sulfonamides is 1. The molecule has 2 amide bonds. The van der Waals surface area contributed by atoms with E-state index in [1.165, 1.54) is 28.6 Å². The predicted molar refractivity (Wildman–Crippen MR) is 127 cm³/mol. The molecule has 9 heteroatoms. The van der Waals surface area contributed by atoms with E-state index in [0.29, 0.717) is 23.5 Å². The predicted octanol–water partition coefficient (Wildman–Crippen LogP) is 3.41. The molecule has 178 valence electrons. The van der Waals surface area contributed by atoms with Gasteiger partial charge in [0.05, 0.1) is 4.90 Å². The number of nitrogens with one attached hydrogen (secondary N) is 2. The van der Waals surface area contributed by atoms with E-state index < -0.39 is 10.0 Å². The molecule has 0 atom stereocenters. The number of carbonyl (C=O) groups is 2. The van der Waals surface area contributed by atoms with Crippen molar-refractivity contribution in [2.75, 3.05) is 25.5 Å². The lowest BCUT2D eigenvalue weighted by atomic mass is 9.96. The molecule has 0 radical (unpaired) electrons. The maximum atomic E-state index is 13.0. The summed E-state index contributed by atoms with van der Waals surface area (Å²) in [5, 5.41) is 5.42. The normalized spacial score (nSPS) is 14.6. The first-order chi connectivity index (χ1) is 15.8. The van der Waals surface area contributed by atoms with E-state index in [0.717, 1.165) is 32.1 Å². The molecule has 1 aliphatic rings. The summed E-state index contributed by atoms with van der Waals surface area (Å²) in [6, 6.07) is 12.7. The Morgan fingerprint density at radius 1 is 1.00 bits per heavy atom. The van der Waals surface area contributed by atoms with Gasteiger partial charge in [-0.25, -0.2) is 8.42 Å². The zero-order valence-corrected chi connectivity index (χ0v) is 19.9. The van der Waals surface area contributed by atoms with Gasteiger partial charge in [0.2, 0.25) is 10.0 Å². The van der Waals surface area contributed by atoms with E-state index in [4.69, 9.17) is 4.74 Å². The zero-order chi connectivity index (χ0) is 23.8. The quantitative estimate of drug-likeness (QED) is 0.581. The van der Waals surface area contributed by atoms with Crippen molar-refractivity contribution in [3.05, 3.63) is 54.1 Å². The third kappa shape index (κ3) is 6.55. The minimum absolute atomic E-state index is 0.0275. The molecule has 0 unspecified atom stereocenters. The third-order valence-corrected chi connectivity index (χ3v) is 7.66. The molecule has 1 aliphatic carbocycles. The van der Waals surface area contributed by atoms with Crippen LogP contribution in [0.4, 0.5) is 5.69 Å². The average Bonchev–Trinajstić information content (AvgIpc) is 2.84. The Bertz CT molecular complexity index is 1050. The minimum Gasteiger partial charge on any atom is -0.484 e. The fourth-order valence-corrected chi connectivity index (χ4v) is 5.24. The molecule has 3 rings (SSSR count). The van der Waals surface area contributed by atoms with Crippen LogP contribution in [-0.4, -0.2) is 50.8 Å². The van der Waals surface area contributed by atoms with Gasteiger partial charge in [-0.15, -0.1) is 0 Å². The van der Waals surface area contributed by atoms with Crippen molar-refractivity contribution in [2.24, 2.45) is 0 Å². The van der Waals surface area contributed by atoms with Gasteiger partial charge in [-0.05, 0) is 68.3 Å². The summed E-state index contributed by atoms with van der Waals surface area (Å²) in [5.74, 6) is -0.0447. The second-order valence-electron chi connectivity index (χ2n) is 8.06. The summed E-state index contributed by atoms with van der Waals surface area (Å²) in [6.45, 7) is 2.29. The van der Waals surface area contributed by atoms with Crippen LogP contribution in [0, 0.1) is 0 Å². The van der Waals surface area contributed by atoms with Crippen LogP contribution in [0.2, 0.25) is 0 Å². The molecular formula is C24H31N3O5S. The van der Waals surface area contributed by atoms with Crippen LogP contribution < -0.4 is 15.4 Å². The van der Waals surface area contributed by atoms with Gasteiger partial charge in [0.15, 0.2) is 6.61 Å². The number of hydrogen-bond acceptors (Lipinski definition) is 5. The Kier molecular flexibility index (Phi) is 8.46. The number of rotatable bonds is 9. The molecule has 0 bridgehead atoms. The number of likely N-dealkylation sites (N-methyl/N-ethyl adjacent to an activating group) is 1. The van der Waals surface area contributed by atoms with Gasteiger partial charge < -0.3 is 15.4 Å². The highest BCUT2D eigenvalue weighted by atomic mass is 32.2. The summed E-state index contributed by atoms with van der Waals surface area (Å²) < 4.78 is 32.8. The van der Waals surface area contributed by atoms with Gasteiger partial charge in [0, 0.05) is 30.9 Å². The minimum atomic E-state index is -3.60. The highest BCUT2D eigenvalue weighted by molar-refractivity contribution is 7.89. The van der Waals surface area contributed by atoms with Crippen molar-refractivity contribution < 1.29 is 22.7 Å². The lowest BCUT2D eigenvalue weighted by Gasteiger charge is -2.30. The number of hydrogen-bond donors (Lipinski definition) is 2. The van der Waals surface area contributed by atoms with Gasteiger partial charge in [-0.3, -0.25) is 9.59 Å². The Hall–Kier alpha value is -2.91. The molecule has 2 N–H and O–H groups in total. The number of carbonyl (C=O) groups excluding carboxylic acids is 2. The fourth-order valence-electron chi connectivity index (χ4n) is 3.82. The molecule has 0 spiro atoms. The highest BCUT2D eigenvalue weighted by Gasteiger charge is 2.29. The second kappa shape index (κ2) is 11.3. The van der Waals surface area contributed by atoms with E-state index in [9.17, 15) is 18.0 Å². The van der Waals surface area contributed by atoms with Crippen molar-refractivity contribution in [1.29, 1.82) is 0 Å². The average molecular weight is 474 g/mol.